The second-order valence-electron chi connectivity index (χ2n) is 8.22. The molecule has 2 aromatic rings. The Bertz CT molecular complexity index is 817. The largest absolute Gasteiger partial charge is 0.356 e. The summed E-state index contributed by atoms with van der Waals surface area (Å²) in [6.45, 7) is 7.85. The molecule has 6 heteroatoms. The lowest BCUT2D eigenvalue weighted by atomic mass is 9.93. The fourth-order valence-electron chi connectivity index (χ4n) is 4.35. The van der Waals surface area contributed by atoms with E-state index in [0.717, 1.165) is 68.3 Å². The maximum atomic E-state index is 12.9. The normalized spacial score (nSPS) is 21.0. The molecule has 28 heavy (non-hydrogen) atoms. The molecule has 2 aliphatic heterocycles. The first-order valence-corrected chi connectivity index (χ1v) is 10.4. The van der Waals surface area contributed by atoms with Crippen LogP contribution in [0.3, 0.4) is 0 Å². The third-order valence-electron chi connectivity index (χ3n) is 5.92. The number of carbonyl (C=O) groups excluding carboxylic acids is 1. The van der Waals surface area contributed by atoms with E-state index in [2.05, 4.69) is 26.7 Å². The number of aryl methyl sites for hydroxylation is 1. The van der Waals surface area contributed by atoms with Crippen LogP contribution in [0.4, 0.5) is 5.82 Å². The van der Waals surface area contributed by atoms with Crippen LogP contribution in [-0.4, -0.2) is 51.9 Å². The predicted molar refractivity (Wildman–Crippen MR) is 110 cm³/mol. The molecule has 0 N–H and O–H groups in total. The number of piperidine rings is 2. The van der Waals surface area contributed by atoms with Crippen LogP contribution in [-0.2, 0) is 4.79 Å². The van der Waals surface area contributed by atoms with Crippen molar-refractivity contribution in [2.24, 2.45) is 11.8 Å². The first kappa shape index (κ1) is 18.8. The van der Waals surface area contributed by atoms with E-state index in [1.807, 2.05) is 25.1 Å². The average Bonchev–Trinajstić information content (AvgIpc) is 2.73. The summed E-state index contributed by atoms with van der Waals surface area (Å²) in [5.41, 5.74) is 1.93. The minimum absolute atomic E-state index is 0.157. The third-order valence-corrected chi connectivity index (χ3v) is 5.92. The van der Waals surface area contributed by atoms with Crippen LogP contribution in [0.2, 0.25) is 0 Å². The molecule has 148 valence electrons. The van der Waals surface area contributed by atoms with Crippen molar-refractivity contribution in [1.82, 2.24) is 19.9 Å². The number of anilines is 1. The number of pyridine rings is 1. The van der Waals surface area contributed by atoms with Gasteiger partial charge in [0.2, 0.25) is 5.91 Å². The Labute approximate surface area is 167 Å². The summed E-state index contributed by atoms with van der Waals surface area (Å²) in [6, 6.07) is 5.91. The number of nitrogens with zero attached hydrogens (tertiary/aromatic N) is 5. The highest BCUT2D eigenvalue weighted by molar-refractivity contribution is 5.79. The van der Waals surface area contributed by atoms with Gasteiger partial charge >= 0.3 is 0 Å². The van der Waals surface area contributed by atoms with Crippen LogP contribution in [0.5, 0.6) is 0 Å². The van der Waals surface area contributed by atoms with Gasteiger partial charge in [-0.1, -0.05) is 6.92 Å². The molecule has 1 atom stereocenters. The highest BCUT2D eigenvalue weighted by Gasteiger charge is 2.31. The Hall–Kier alpha value is -2.50. The first-order chi connectivity index (χ1) is 13.6. The van der Waals surface area contributed by atoms with Gasteiger partial charge in [-0.2, -0.15) is 0 Å². The Morgan fingerprint density at radius 1 is 1.07 bits per heavy atom. The average molecular weight is 380 g/mol. The molecule has 0 aromatic carbocycles. The van der Waals surface area contributed by atoms with Crippen LogP contribution in [0.1, 0.15) is 38.3 Å². The topological polar surface area (TPSA) is 62.2 Å². The molecule has 1 amide bonds. The summed E-state index contributed by atoms with van der Waals surface area (Å²) in [7, 11) is 0. The van der Waals surface area contributed by atoms with Crippen molar-refractivity contribution >= 4 is 11.7 Å². The first-order valence-electron chi connectivity index (χ1n) is 10.4. The molecule has 2 aliphatic rings. The van der Waals surface area contributed by atoms with Crippen LogP contribution in [0.15, 0.2) is 30.6 Å². The number of carbonyl (C=O) groups is 1. The Balaban J connectivity index is 1.42. The van der Waals surface area contributed by atoms with Crippen LogP contribution in [0, 0.1) is 18.8 Å². The molecule has 6 nitrogen and oxygen atoms in total. The molecule has 2 aromatic heterocycles. The predicted octanol–water partition coefficient (Wildman–Crippen LogP) is 3.32. The molecule has 2 saturated heterocycles. The van der Waals surface area contributed by atoms with Crippen LogP contribution >= 0.6 is 0 Å². The van der Waals surface area contributed by atoms with Gasteiger partial charge in [-0.25, -0.2) is 9.97 Å². The quantitative estimate of drug-likeness (QED) is 0.819. The molecule has 0 spiro atoms. The molecule has 4 heterocycles. The van der Waals surface area contributed by atoms with Gasteiger partial charge in [0.05, 0.1) is 0 Å². The molecule has 0 radical (unpaired) electrons. The number of hydrogen-bond donors (Lipinski definition) is 0. The number of rotatable bonds is 3. The van der Waals surface area contributed by atoms with E-state index in [-0.39, 0.29) is 5.92 Å². The highest BCUT2D eigenvalue weighted by Crippen LogP contribution is 2.27. The second kappa shape index (κ2) is 8.25. The van der Waals surface area contributed by atoms with E-state index in [4.69, 9.17) is 4.98 Å². The summed E-state index contributed by atoms with van der Waals surface area (Å²) >= 11 is 0. The monoisotopic (exact) mass is 379 g/mol. The van der Waals surface area contributed by atoms with Crippen molar-refractivity contribution in [2.45, 2.75) is 39.5 Å². The second-order valence-corrected chi connectivity index (χ2v) is 8.22. The summed E-state index contributed by atoms with van der Waals surface area (Å²) in [5, 5.41) is 0. The summed E-state index contributed by atoms with van der Waals surface area (Å²) < 4.78 is 0. The Kier molecular flexibility index (Phi) is 5.55. The molecule has 0 bridgehead atoms. The fraction of sp³-hybridized carbons (Fsp3) is 0.545. The van der Waals surface area contributed by atoms with Gasteiger partial charge in [-0.3, -0.25) is 9.78 Å². The van der Waals surface area contributed by atoms with E-state index in [1.165, 1.54) is 6.42 Å². The molecule has 0 saturated carbocycles. The maximum absolute atomic E-state index is 12.9. The van der Waals surface area contributed by atoms with Gasteiger partial charge in [-0.05, 0) is 50.7 Å². The SMILES string of the molecule is Cc1cc(N2CCC(C(=O)N3CCCC(C)C3)CC2)nc(-c2ccncc2)n1. The number of amides is 1. The zero-order valence-corrected chi connectivity index (χ0v) is 16.8. The number of likely N-dealkylation sites (tertiary alicyclic amines) is 1. The van der Waals surface area contributed by atoms with E-state index in [0.29, 0.717) is 11.8 Å². The number of hydrogen-bond acceptors (Lipinski definition) is 5. The minimum atomic E-state index is 0.157. The lowest BCUT2D eigenvalue weighted by Crippen LogP contribution is -2.46. The summed E-state index contributed by atoms with van der Waals surface area (Å²) in [5.74, 6) is 2.84. The Morgan fingerprint density at radius 3 is 2.54 bits per heavy atom. The lowest BCUT2D eigenvalue weighted by molar-refractivity contribution is -0.137. The van der Waals surface area contributed by atoms with Gasteiger partial charge in [0.1, 0.15) is 5.82 Å². The minimum Gasteiger partial charge on any atom is -0.356 e. The van der Waals surface area contributed by atoms with E-state index >= 15 is 0 Å². The smallest absolute Gasteiger partial charge is 0.225 e. The molecule has 4 rings (SSSR count). The van der Waals surface area contributed by atoms with Crippen molar-refractivity contribution < 1.29 is 4.79 Å². The molecule has 1 unspecified atom stereocenters. The summed E-state index contributed by atoms with van der Waals surface area (Å²) in [6.07, 6.45) is 7.71. The van der Waals surface area contributed by atoms with E-state index in [1.54, 1.807) is 12.4 Å². The van der Waals surface area contributed by atoms with Gasteiger partial charge in [0, 0.05) is 61.8 Å². The lowest BCUT2D eigenvalue weighted by Gasteiger charge is -2.37. The molecular formula is C22H29N5O. The van der Waals surface area contributed by atoms with Crippen LogP contribution in [0.25, 0.3) is 11.4 Å². The van der Waals surface area contributed by atoms with E-state index < -0.39 is 0 Å². The van der Waals surface area contributed by atoms with Crippen molar-refractivity contribution in [1.29, 1.82) is 0 Å². The molecule has 0 aliphatic carbocycles. The zero-order chi connectivity index (χ0) is 19.5. The maximum Gasteiger partial charge on any atom is 0.225 e. The highest BCUT2D eigenvalue weighted by atomic mass is 16.2. The van der Waals surface area contributed by atoms with Gasteiger partial charge in [0.15, 0.2) is 5.82 Å². The number of aromatic nitrogens is 3. The standard InChI is InChI=1S/C22H29N5O/c1-16-4-3-11-27(15-16)22(28)19-7-12-26(13-8-19)20-14-17(2)24-21(25-20)18-5-9-23-10-6-18/h5-6,9-10,14,16,19H,3-4,7-8,11-13,15H2,1-2H3. The molecular weight excluding hydrogens is 350 g/mol. The van der Waals surface area contributed by atoms with Crippen molar-refractivity contribution in [3.05, 3.63) is 36.3 Å². The van der Waals surface area contributed by atoms with Gasteiger partial charge < -0.3 is 9.80 Å². The Morgan fingerprint density at radius 2 is 1.82 bits per heavy atom. The zero-order valence-electron chi connectivity index (χ0n) is 16.8. The van der Waals surface area contributed by atoms with Crippen molar-refractivity contribution in [3.8, 4) is 11.4 Å². The van der Waals surface area contributed by atoms with Crippen molar-refractivity contribution in [2.75, 3.05) is 31.1 Å². The van der Waals surface area contributed by atoms with Crippen LogP contribution < -0.4 is 4.90 Å². The molecule has 2 fully saturated rings. The van der Waals surface area contributed by atoms with Crippen molar-refractivity contribution in [3.63, 3.8) is 0 Å². The van der Waals surface area contributed by atoms with Gasteiger partial charge in [-0.15, -0.1) is 0 Å². The fourth-order valence-corrected chi connectivity index (χ4v) is 4.35. The summed E-state index contributed by atoms with van der Waals surface area (Å²) in [4.78, 5) is 30.8. The van der Waals surface area contributed by atoms with E-state index in [9.17, 15) is 4.79 Å². The van der Waals surface area contributed by atoms with Gasteiger partial charge in [0.25, 0.3) is 0 Å². The third kappa shape index (κ3) is 4.16.